The standard InChI is InChI=1S/C17H16FN3O5S/c1-9-3-4-11(8-14(9)21(23)24)27(25,26)20-19-13-7-10(2)16-12(18)5-6-15(22)17(13)16/h3-6,8,10,20,22H,7H2,1-2H3/b19-13+/t10-/m0/s1. The molecule has 2 aromatic rings. The Morgan fingerprint density at radius 3 is 2.70 bits per heavy atom. The maximum atomic E-state index is 14.0. The number of aromatic hydroxyl groups is 1. The first-order valence-corrected chi connectivity index (χ1v) is 9.45. The van der Waals surface area contributed by atoms with Crippen molar-refractivity contribution in [3.05, 3.63) is 63.0 Å². The van der Waals surface area contributed by atoms with Crippen LogP contribution in [-0.4, -0.2) is 24.2 Å². The van der Waals surface area contributed by atoms with E-state index in [1.165, 1.54) is 25.1 Å². The lowest BCUT2D eigenvalue weighted by atomic mass is 10.0. The van der Waals surface area contributed by atoms with Gasteiger partial charge in [-0.05, 0) is 37.5 Å². The number of sulfonamides is 1. The second-order valence-corrected chi connectivity index (χ2v) is 7.98. The summed E-state index contributed by atoms with van der Waals surface area (Å²) < 4.78 is 38.9. The number of benzene rings is 2. The van der Waals surface area contributed by atoms with Crippen LogP contribution < -0.4 is 4.83 Å². The van der Waals surface area contributed by atoms with Crippen LogP contribution in [0.1, 0.15) is 36.0 Å². The third-order valence-corrected chi connectivity index (χ3v) is 5.65. The van der Waals surface area contributed by atoms with Gasteiger partial charge in [-0.2, -0.15) is 18.4 Å². The number of aryl methyl sites for hydroxylation is 1. The van der Waals surface area contributed by atoms with Crippen LogP contribution in [0.15, 0.2) is 40.3 Å². The molecule has 1 aliphatic carbocycles. The van der Waals surface area contributed by atoms with Crippen LogP contribution in [0.25, 0.3) is 0 Å². The first kappa shape index (κ1) is 18.8. The first-order valence-electron chi connectivity index (χ1n) is 7.97. The molecule has 10 heteroatoms. The van der Waals surface area contributed by atoms with Gasteiger partial charge in [0.05, 0.1) is 15.5 Å². The summed E-state index contributed by atoms with van der Waals surface area (Å²) in [6.45, 7) is 3.23. The molecule has 0 fully saturated rings. The summed E-state index contributed by atoms with van der Waals surface area (Å²) in [5.41, 5.74) is 0.632. The monoisotopic (exact) mass is 393 g/mol. The predicted molar refractivity (Wildman–Crippen MR) is 95.8 cm³/mol. The van der Waals surface area contributed by atoms with E-state index in [-0.39, 0.29) is 45.5 Å². The fraction of sp³-hybridized carbons (Fsp3) is 0.235. The lowest BCUT2D eigenvalue weighted by Gasteiger charge is -2.07. The predicted octanol–water partition coefficient (Wildman–Crippen LogP) is 2.94. The third kappa shape index (κ3) is 3.35. The van der Waals surface area contributed by atoms with Gasteiger partial charge in [-0.1, -0.05) is 13.0 Å². The van der Waals surface area contributed by atoms with Gasteiger partial charge in [0.1, 0.15) is 11.6 Å². The van der Waals surface area contributed by atoms with E-state index < -0.39 is 20.8 Å². The van der Waals surface area contributed by atoms with Gasteiger partial charge in [0.25, 0.3) is 15.7 Å². The summed E-state index contributed by atoms with van der Waals surface area (Å²) in [7, 11) is -4.18. The molecule has 1 atom stereocenters. The third-order valence-electron chi connectivity index (χ3n) is 4.44. The zero-order chi connectivity index (χ0) is 19.9. The molecule has 0 aliphatic heterocycles. The number of nitrogens with one attached hydrogen (secondary N) is 1. The average molecular weight is 393 g/mol. The Kier molecular flexibility index (Phi) is 4.60. The van der Waals surface area contributed by atoms with Crippen LogP contribution in [0, 0.1) is 22.9 Å². The number of nitro groups is 1. The van der Waals surface area contributed by atoms with Gasteiger partial charge < -0.3 is 5.11 Å². The summed E-state index contributed by atoms with van der Waals surface area (Å²) in [4.78, 5) is 12.0. The van der Waals surface area contributed by atoms with E-state index in [0.717, 1.165) is 12.1 Å². The smallest absolute Gasteiger partial charge is 0.276 e. The number of nitro benzene ring substituents is 1. The van der Waals surface area contributed by atoms with E-state index in [9.17, 15) is 28.0 Å². The van der Waals surface area contributed by atoms with Gasteiger partial charge in [-0.15, -0.1) is 0 Å². The molecule has 0 saturated carbocycles. The van der Waals surface area contributed by atoms with Gasteiger partial charge in [0.15, 0.2) is 0 Å². The Balaban J connectivity index is 1.97. The van der Waals surface area contributed by atoms with Crippen LogP contribution in [-0.2, 0) is 10.0 Å². The van der Waals surface area contributed by atoms with Crippen LogP contribution >= 0.6 is 0 Å². The van der Waals surface area contributed by atoms with E-state index in [0.29, 0.717) is 5.56 Å². The summed E-state index contributed by atoms with van der Waals surface area (Å²) in [5, 5.41) is 24.9. The van der Waals surface area contributed by atoms with Crippen molar-refractivity contribution in [1.29, 1.82) is 0 Å². The van der Waals surface area contributed by atoms with E-state index in [1.807, 2.05) is 4.83 Å². The van der Waals surface area contributed by atoms with E-state index in [1.54, 1.807) is 6.92 Å². The largest absolute Gasteiger partial charge is 0.507 e. The zero-order valence-corrected chi connectivity index (χ0v) is 15.2. The number of hydrogen-bond acceptors (Lipinski definition) is 6. The van der Waals surface area contributed by atoms with Crippen LogP contribution in [0.4, 0.5) is 10.1 Å². The second-order valence-electron chi connectivity index (χ2n) is 6.32. The first-order chi connectivity index (χ1) is 12.6. The molecule has 0 radical (unpaired) electrons. The van der Waals surface area contributed by atoms with Gasteiger partial charge in [0.2, 0.25) is 0 Å². The normalized spacial score (nSPS) is 17.7. The Hall–Kier alpha value is -3.01. The molecular weight excluding hydrogens is 377 g/mol. The quantitative estimate of drug-likeness (QED) is 0.611. The highest BCUT2D eigenvalue weighted by Crippen LogP contribution is 2.39. The average Bonchev–Trinajstić information content (AvgIpc) is 2.94. The van der Waals surface area contributed by atoms with Crippen molar-refractivity contribution in [1.82, 2.24) is 4.83 Å². The molecule has 27 heavy (non-hydrogen) atoms. The molecule has 0 spiro atoms. The molecule has 0 bridgehead atoms. The Morgan fingerprint density at radius 2 is 2.04 bits per heavy atom. The topological polar surface area (TPSA) is 122 Å². The number of nitrogens with zero attached hydrogens (tertiary/aromatic N) is 2. The summed E-state index contributed by atoms with van der Waals surface area (Å²) in [6, 6.07) is 5.82. The van der Waals surface area contributed by atoms with Crippen molar-refractivity contribution in [2.75, 3.05) is 0 Å². The SMILES string of the molecule is Cc1ccc(S(=O)(=O)N/N=C2\C[C@H](C)c3c(F)ccc(O)c32)cc1[N+](=O)[O-]. The fourth-order valence-electron chi connectivity index (χ4n) is 3.08. The number of rotatable bonds is 4. The Morgan fingerprint density at radius 1 is 1.33 bits per heavy atom. The maximum Gasteiger partial charge on any atom is 0.276 e. The molecule has 0 aromatic heterocycles. The highest BCUT2D eigenvalue weighted by atomic mass is 32.2. The molecule has 3 rings (SSSR count). The van der Waals surface area contributed by atoms with Gasteiger partial charge in [-0.25, -0.2) is 4.39 Å². The van der Waals surface area contributed by atoms with Gasteiger partial charge >= 0.3 is 0 Å². The zero-order valence-electron chi connectivity index (χ0n) is 14.4. The molecule has 142 valence electrons. The fourth-order valence-corrected chi connectivity index (χ4v) is 3.93. The Bertz CT molecular complexity index is 1080. The molecule has 0 heterocycles. The number of halogens is 1. The van der Waals surface area contributed by atoms with Crippen LogP contribution in [0.2, 0.25) is 0 Å². The van der Waals surface area contributed by atoms with Crippen LogP contribution in [0.3, 0.4) is 0 Å². The van der Waals surface area contributed by atoms with Crippen molar-refractivity contribution in [3.63, 3.8) is 0 Å². The number of hydrazone groups is 1. The maximum absolute atomic E-state index is 14.0. The highest BCUT2D eigenvalue weighted by Gasteiger charge is 2.31. The second kappa shape index (κ2) is 6.62. The summed E-state index contributed by atoms with van der Waals surface area (Å²) >= 11 is 0. The lowest BCUT2D eigenvalue weighted by molar-refractivity contribution is -0.385. The van der Waals surface area contributed by atoms with Crippen molar-refractivity contribution in [2.24, 2.45) is 5.10 Å². The molecule has 2 N–H and O–H groups in total. The number of hydrogen-bond donors (Lipinski definition) is 2. The number of fused-ring (bicyclic) bond motifs is 1. The molecule has 0 amide bonds. The van der Waals surface area contributed by atoms with E-state index in [4.69, 9.17) is 0 Å². The van der Waals surface area contributed by atoms with E-state index >= 15 is 0 Å². The summed E-state index contributed by atoms with van der Waals surface area (Å²) in [5.74, 6) is -0.979. The molecule has 0 saturated heterocycles. The van der Waals surface area contributed by atoms with Gasteiger partial charge in [-0.3, -0.25) is 10.1 Å². The van der Waals surface area contributed by atoms with Crippen molar-refractivity contribution >= 4 is 21.4 Å². The highest BCUT2D eigenvalue weighted by molar-refractivity contribution is 7.89. The molecule has 0 unspecified atom stereocenters. The number of phenolic OH excluding ortho intramolecular Hbond substituents is 1. The van der Waals surface area contributed by atoms with Crippen molar-refractivity contribution < 1.29 is 22.8 Å². The number of phenols is 1. The minimum atomic E-state index is -4.18. The molecule has 8 nitrogen and oxygen atoms in total. The van der Waals surface area contributed by atoms with Crippen molar-refractivity contribution in [2.45, 2.75) is 31.1 Å². The van der Waals surface area contributed by atoms with Crippen molar-refractivity contribution in [3.8, 4) is 5.75 Å². The molecule has 2 aromatic carbocycles. The van der Waals surface area contributed by atoms with Crippen LogP contribution in [0.5, 0.6) is 5.75 Å². The van der Waals surface area contributed by atoms with E-state index in [2.05, 4.69) is 5.10 Å². The minimum absolute atomic E-state index is 0.167. The molecular formula is C17H16FN3O5S. The summed E-state index contributed by atoms with van der Waals surface area (Å²) in [6.07, 6.45) is 0.237. The lowest BCUT2D eigenvalue weighted by Crippen LogP contribution is -2.20. The van der Waals surface area contributed by atoms with Gasteiger partial charge in [0, 0.05) is 22.8 Å². The molecule has 1 aliphatic rings. The minimum Gasteiger partial charge on any atom is -0.507 e. The Labute approximate surface area is 154 Å².